The van der Waals surface area contributed by atoms with Gasteiger partial charge in [0.25, 0.3) is 12.4 Å². The minimum absolute atomic E-state index is 0.318. The molecular weight excluding hydrogens is 284 g/mol. The number of nitrogens with zero attached hydrogens (tertiary/aromatic N) is 3. The third-order valence-corrected chi connectivity index (χ3v) is 3.11. The van der Waals surface area contributed by atoms with Gasteiger partial charge in [0.15, 0.2) is 0 Å². The summed E-state index contributed by atoms with van der Waals surface area (Å²) in [5, 5.41) is 4.11. The lowest BCUT2D eigenvalue weighted by Gasteiger charge is -2.25. The molecule has 1 amide bonds. The van der Waals surface area contributed by atoms with Crippen LogP contribution in [0.4, 0.5) is 0 Å². The predicted molar refractivity (Wildman–Crippen MR) is 83.1 cm³/mol. The van der Waals surface area contributed by atoms with E-state index in [0.29, 0.717) is 12.0 Å². The normalized spacial score (nSPS) is 15.6. The van der Waals surface area contributed by atoms with Gasteiger partial charge in [0.1, 0.15) is 5.60 Å². The Labute approximate surface area is 131 Å². The first-order valence-corrected chi connectivity index (χ1v) is 7.48. The number of hydrogen-bond donors (Lipinski definition) is 1. The van der Waals surface area contributed by atoms with Crippen LogP contribution in [0.5, 0.6) is 0 Å². The highest BCUT2D eigenvalue weighted by Crippen LogP contribution is 2.09. The smallest absolute Gasteiger partial charge is 0.293 e. The highest BCUT2D eigenvalue weighted by atomic mass is 16.5. The molecule has 1 aromatic rings. The van der Waals surface area contributed by atoms with Crippen LogP contribution in [-0.4, -0.2) is 45.8 Å². The Balaban J connectivity index is 0.000000295. The van der Waals surface area contributed by atoms with Crippen molar-refractivity contribution in [2.75, 3.05) is 13.1 Å². The maximum Gasteiger partial charge on any atom is 0.293 e. The van der Waals surface area contributed by atoms with E-state index in [0.717, 1.165) is 19.8 Å². The molecular formula is C15H26N4O3. The molecule has 1 saturated heterocycles. The second-order valence-electron chi connectivity index (χ2n) is 6.28. The third-order valence-electron chi connectivity index (χ3n) is 3.11. The van der Waals surface area contributed by atoms with Crippen molar-refractivity contribution in [3.8, 4) is 0 Å². The second kappa shape index (κ2) is 8.53. The molecule has 0 aliphatic carbocycles. The highest BCUT2D eigenvalue weighted by Gasteiger charge is 2.11. The number of primary amides is 1. The summed E-state index contributed by atoms with van der Waals surface area (Å²) in [6.45, 7) is 8.91. The standard InChI is InChI=1S/C10H16N4O.C5H10O2/c11-10(15)9-6-12-14(7-9)8-13-4-2-1-3-5-13;1-5(2,3)7-4-6/h6-7H,1-5,8H2,(H2,11,15);4H,1-3H3. The fourth-order valence-electron chi connectivity index (χ4n) is 2.02. The highest BCUT2D eigenvalue weighted by molar-refractivity contribution is 5.92. The van der Waals surface area contributed by atoms with E-state index in [4.69, 9.17) is 5.73 Å². The van der Waals surface area contributed by atoms with E-state index in [1.165, 1.54) is 25.5 Å². The van der Waals surface area contributed by atoms with Crippen molar-refractivity contribution in [3.63, 3.8) is 0 Å². The quantitative estimate of drug-likeness (QED) is 0.849. The molecule has 2 N–H and O–H groups in total. The van der Waals surface area contributed by atoms with Gasteiger partial charge in [-0.3, -0.25) is 19.2 Å². The summed E-state index contributed by atoms with van der Waals surface area (Å²) in [5.74, 6) is -0.417. The number of rotatable bonds is 4. The molecule has 7 nitrogen and oxygen atoms in total. The second-order valence-corrected chi connectivity index (χ2v) is 6.28. The minimum atomic E-state index is -0.417. The van der Waals surface area contributed by atoms with E-state index in [-0.39, 0.29) is 5.60 Å². The van der Waals surface area contributed by atoms with Crippen molar-refractivity contribution in [2.45, 2.75) is 52.3 Å². The van der Waals surface area contributed by atoms with Gasteiger partial charge in [-0.1, -0.05) is 6.42 Å². The zero-order valence-electron chi connectivity index (χ0n) is 13.6. The summed E-state index contributed by atoms with van der Waals surface area (Å²) in [7, 11) is 0. The zero-order valence-corrected chi connectivity index (χ0v) is 13.6. The van der Waals surface area contributed by atoms with Crippen molar-refractivity contribution in [3.05, 3.63) is 18.0 Å². The summed E-state index contributed by atoms with van der Waals surface area (Å²) in [5.41, 5.74) is 5.32. The van der Waals surface area contributed by atoms with Crippen LogP contribution in [0.15, 0.2) is 12.4 Å². The van der Waals surface area contributed by atoms with Gasteiger partial charge in [0.05, 0.1) is 18.4 Å². The molecule has 0 radical (unpaired) electrons. The lowest BCUT2D eigenvalue weighted by Crippen LogP contribution is -2.31. The zero-order chi connectivity index (χ0) is 16.6. The molecule has 7 heteroatoms. The Hall–Kier alpha value is -1.89. The molecule has 2 heterocycles. The van der Waals surface area contributed by atoms with Gasteiger partial charge in [0.2, 0.25) is 0 Å². The van der Waals surface area contributed by atoms with Crippen molar-refractivity contribution in [1.29, 1.82) is 0 Å². The summed E-state index contributed by atoms with van der Waals surface area (Å²) in [6, 6.07) is 0. The molecule has 2 rings (SSSR count). The number of aromatic nitrogens is 2. The minimum Gasteiger partial charge on any atom is -0.462 e. The van der Waals surface area contributed by atoms with Gasteiger partial charge in [-0.05, 0) is 46.7 Å². The largest absolute Gasteiger partial charge is 0.462 e. The fourth-order valence-corrected chi connectivity index (χ4v) is 2.02. The van der Waals surface area contributed by atoms with E-state index in [1.807, 2.05) is 20.8 Å². The summed E-state index contributed by atoms with van der Waals surface area (Å²) in [4.78, 5) is 22.8. The van der Waals surface area contributed by atoms with Crippen LogP contribution in [-0.2, 0) is 16.2 Å². The number of piperidine rings is 1. The molecule has 1 aliphatic rings. The third kappa shape index (κ3) is 7.21. The molecule has 0 bridgehead atoms. The number of hydrogen-bond acceptors (Lipinski definition) is 5. The van der Waals surface area contributed by atoms with Gasteiger partial charge in [0, 0.05) is 6.20 Å². The van der Waals surface area contributed by atoms with Gasteiger partial charge in [-0.15, -0.1) is 0 Å². The summed E-state index contributed by atoms with van der Waals surface area (Å²) < 4.78 is 6.32. The van der Waals surface area contributed by atoms with Crippen LogP contribution < -0.4 is 5.73 Å². The van der Waals surface area contributed by atoms with Crippen molar-refractivity contribution in [2.24, 2.45) is 5.73 Å². The molecule has 1 aliphatic heterocycles. The van der Waals surface area contributed by atoms with E-state index < -0.39 is 5.91 Å². The number of carbonyl (C=O) groups is 2. The number of ether oxygens (including phenoxy) is 1. The molecule has 22 heavy (non-hydrogen) atoms. The van der Waals surface area contributed by atoms with E-state index in [2.05, 4.69) is 14.7 Å². The topological polar surface area (TPSA) is 90.5 Å². The van der Waals surface area contributed by atoms with Crippen LogP contribution in [0, 0.1) is 0 Å². The molecule has 0 unspecified atom stereocenters. The number of nitrogens with two attached hydrogens (primary N) is 1. The molecule has 0 saturated carbocycles. The lowest BCUT2D eigenvalue weighted by molar-refractivity contribution is -0.138. The number of carbonyl (C=O) groups excluding carboxylic acids is 2. The van der Waals surface area contributed by atoms with Crippen LogP contribution in [0.2, 0.25) is 0 Å². The molecule has 1 aromatic heterocycles. The van der Waals surface area contributed by atoms with Gasteiger partial charge in [-0.25, -0.2) is 0 Å². The van der Waals surface area contributed by atoms with Gasteiger partial charge >= 0.3 is 0 Å². The maximum atomic E-state index is 10.9. The van der Waals surface area contributed by atoms with Crippen LogP contribution >= 0.6 is 0 Å². The Kier molecular flexibility index (Phi) is 7.04. The van der Waals surface area contributed by atoms with Crippen molar-refractivity contribution in [1.82, 2.24) is 14.7 Å². The van der Waals surface area contributed by atoms with Crippen molar-refractivity contribution >= 4 is 12.4 Å². The number of likely N-dealkylation sites (tertiary alicyclic amines) is 1. The number of amides is 1. The SMILES string of the molecule is CC(C)(C)OC=O.NC(=O)c1cnn(CN2CCCCC2)c1. The summed E-state index contributed by atoms with van der Waals surface area (Å²) >= 11 is 0. The van der Waals surface area contributed by atoms with E-state index in [9.17, 15) is 9.59 Å². The maximum absolute atomic E-state index is 10.9. The van der Waals surface area contributed by atoms with Crippen LogP contribution in [0.25, 0.3) is 0 Å². The molecule has 0 atom stereocenters. The Morgan fingerprint density at radius 3 is 2.41 bits per heavy atom. The van der Waals surface area contributed by atoms with Crippen LogP contribution in [0.1, 0.15) is 50.4 Å². The van der Waals surface area contributed by atoms with E-state index in [1.54, 1.807) is 10.9 Å². The Morgan fingerprint density at radius 2 is 2.00 bits per heavy atom. The Bertz CT molecular complexity index is 473. The first-order chi connectivity index (χ1) is 10.3. The van der Waals surface area contributed by atoms with Gasteiger partial charge < -0.3 is 10.5 Å². The molecule has 0 aromatic carbocycles. The summed E-state index contributed by atoms with van der Waals surface area (Å²) in [6.07, 6.45) is 7.05. The monoisotopic (exact) mass is 310 g/mol. The van der Waals surface area contributed by atoms with E-state index >= 15 is 0 Å². The fraction of sp³-hybridized carbons (Fsp3) is 0.667. The molecule has 0 spiro atoms. The van der Waals surface area contributed by atoms with Gasteiger partial charge in [-0.2, -0.15) is 5.10 Å². The van der Waals surface area contributed by atoms with Crippen LogP contribution in [0.3, 0.4) is 0 Å². The Morgan fingerprint density at radius 1 is 1.36 bits per heavy atom. The lowest BCUT2D eigenvalue weighted by atomic mass is 10.1. The molecule has 124 valence electrons. The average molecular weight is 310 g/mol. The molecule has 1 fully saturated rings. The predicted octanol–water partition coefficient (Wildman–Crippen LogP) is 1.38. The average Bonchev–Trinajstić information content (AvgIpc) is 2.88. The van der Waals surface area contributed by atoms with Crippen molar-refractivity contribution < 1.29 is 14.3 Å². The first kappa shape index (κ1) is 18.2. The first-order valence-electron chi connectivity index (χ1n) is 7.48.